The Morgan fingerprint density at radius 1 is 1.18 bits per heavy atom. The summed E-state index contributed by atoms with van der Waals surface area (Å²) in [5.41, 5.74) is 2.50. The van der Waals surface area contributed by atoms with Crippen LogP contribution in [0.4, 0.5) is 0 Å². The molecule has 1 heterocycles. The van der Waals surface area contributed by atoms with Gasteiger partial charge in [0.2, 0.25) is 0 Å². The van der Waals surface area contributed by atoms with Crippen LogP contribution in [0.2, 0.25) is 5.02 Å². The minimum atomic E-state index is -0.358. The van der Waals surface area contributed by atoms with Crippen molar-refractivity contribution in [2.45, 2.75) is 20.1 Å². The van der Waals surface area contributed by atoms with Crippen LogP contribution in [-0.2, 0) is 13.2 Å². The molecule has 0 saturated heterocycles. The summed E-state index contributed by atoms with van der Waals surface area (Å²) in [5.74, 6) is -0.358. The Hall–Kier alpha value is -2.04. The summed E-state index contributed by atoms with van der Waals surface area (Å²) in [6.45, 7) is 4.18. The van der Waals surface area contributed by atoms with Crippen LogP contribution in [0.1, 0.15) is 12.5 Å². The second kappa shape index (κ2) is 6.38. The molecular weight excluding hydrogens is 300 g/mol. The maximum atomic E-state index is 12.1. The van der Waals surface area contributed by atoms with Crippen LogP contribution >= 0.6 is 11.6 Å². The van der Waals surface area contributed by atoms with E-state index in [-0.39, 0.29) is 5.76 Å². The van der Waals surface area contributed by atoms with E-state index in [2.05, 4.69) is 24.0 Å². The van der Waals surface area contributed by atoms with Gasteiger partial charge < -0.3 is 4.42 Å². The van der Waals surface area contributed by atoms with E-state index in [0.29, 0.717) is 17.3 Å². The van der Waals surface area contributed by atoms with Crippen LogP contribution in [0.15, 0.2) is 57.7 Å². The quantitative estimate of drug-likeness (QED) is 0.720. The number of hydrogen-bond acceptors (Lipinski definition) is 3. The average molecular weight is 317 g/mol. The highest BCUT2D eigenvalue weighted by Gasteiger charge is 2.12. The number of oxazole rings is 1. The van der Waals surface area contributed by atoms with Gasteiger partial charge in [0.25, 0.3) is 0 Å². The fourth-order valence-electron chi connectivity index (χ4n) is 2.48. The molecule has 0 bridgehead atoms. The smallest absolute Gasteiger partial charge is 0.408 e. The second-order valence-electron chi connectivity index (χ2n) is 5.18. The molecule has 2 aromatic carbocycles. The first-order valence-corrected chi connectivity index (χ1v) is 7.60. The van der Waals surface area contributed by atoms with Crippen LogP contribution in [0, 0.1) is 0 Å². The first-order valence-electron chi connectivity index (χ1n) is 7.22. The van der Waals surface area contributed by atoms with Crippen molar-refractivity contribution in [3.8, 4) is 0 Å². The molecule has 0 atom stereocenters. The average Bonchev–Trinajstić information content (AvgIpc) is 2.82. The van der Waals surface area contributed by atoms with Crippen molar-refractivity contribution >= 4 is 22.7 Å². The number of fused-ring (bicyclic) bond motifs is 1. The van der Waals surface area contributed by atoms with Gasteiger partial charge in [0.15, 0.2) is 5.58 Å². The van der Waals surface area contributed by atoms with Gasteiger partial charge in [-0.05, 0) is 24.2 Å². The number of hydrogen-bond donors (Lipinski definition) is 0. The molecule has 0 aliphatic carbocycles. The van der Waals surface area contributed by atoms with E-state index < -0.39 is 0 Å². The van der Waals surface area contributed by atoms with E-state index in [4.69, 9.17) is 16.0 Å². The Balaban J connectivity index is 1.88. The number of nitrogens with zero attached hydrogens (tertiary/aromatic N) is 2. The highest BCUT2D eigenvalue weighted by atomic mass is 35.5. The van der Waals surface area contributed by atoms with E-state index in [1.54, 1.807) is 16.7 Å². The topological polar surface area (TPSA) is 38.4 Å². The monoisotopic (exact) mass is 316 g/mol. The number of benzene rings is 2. The minimum absolute atomic E-state index is 0.358. The van der Waals surface area contributed by atoms with Gasteiger partial charge >= 0.3 is 5.76 Å². The van der Waals surface area contributed by atoms with Crippen molar-refractivity contribution < 1.29 is 4.42 Å². The molecule has 0 N–H and O–H groups in total. The molecule has 0 radical (unpaired) electrons. The lowest BCUT2D eigenvalue weighted by Gasteiger charge is -2.20. The van der Waals surface area contributed by atoms with E-state index in [9.17, 15) is 4.79 Å². The lowest BCUT2D eigenvalue weighted by atomic mass is 10.2. The van der Waals surface area contributed by atoms with Gasteiger partial charge in [-0.3, -0.25) is 9.47 Å². The van der Waals surface area contributed by atoms with Crippen molar-refractivity contribution in [3.05, 3.63) is 69.7 Å². The SMILES string of the molecule is CCN(Cc1ccccc1)Cn1c(=O)oc2cc(Cl)ccc21. The van der Waals surface area contributed by atoms with Crippen LogP contribution in [0.3, 0.4) is 0 Å². The van der Waals surface area contributed by atoms with Crippen molar-refractivity contribution in [1.29, 1.82) is 0 Å². The number of rotatable bonds is 5. The number of halogens is 1. The molecular formula is C17H17ClN2O2. The molecule has 0 unspecified atom stereocenters. The molecule has 0 aliphatic rings. The normalized spacial score (nSPS) is 11.4. The third-order valence-corrected chi connectivity index (χ3v) is 3.90. The summed E-state index contributed by atoms with van der Waals surface area (Å²) in [5, 5.41) is 0.560. The molecule has 0 aliphatic heterocycles. The van der Waals surface area contributed by atoms with Crippen molar-refractivity contribution in [3.63, 3.8) is 0 Å². The van der Waals surface area contributed by atoms with Crippen molar-refractivity contribution in [2.75, 3.05) is 6.54 Å². The molecule has 4 nitrogen and oxygen atoms in total. The molecule has 114 valence electrons. The fourth-order valence-corrected chi connectivity index (χ4v) is 2.64. The lowest BCUT2D eigenvalue weighted by molar-refractivity contribution is 0.216. The van der Waals surface area contributed by atoms with E-state index in [1.807, 2.05) is 24.3 Å². The summed E-state index contributed by atoms with van der Waals surface area (Å²) in [7, 11) is 0. The van der Waals surface area contributed by atoms with Gasteiger partial charge in [-0.15, -0.1) is 0 Å². The molecule has 3 aromatic rings. The molecule has 22 heavy (non-hydrogen) atoms. The summed E-state index contributed by atoms with van der Waals surface area (Å²) >= 11 is 5.94. The van der Waals surface area contributed by atoms with Crippen LogP contribution in [0.25, 0.3) is 11.1 Å². The third-order valence-electron chi connectivity index (χ3n) is 3.67. The van der Waals surface area contributed by atoms with Gasteiger partial charge in [0, 0.05) is 17.6 Å². The summed E-state index contributed by atoms with van der Waals surface area (Å²) in [6, 6.07) is 15.5. The van der Waals surface area contributed by atoms with Gasteiger partial charge in [-0.25, -0.2) is 4.79 Å². The van der Waals surface area contributed by atoms with Crippen LogP contribution in [0.5, 0.6) is 0 Å². The molecule has 0 saturated carbocycles. The lowest BCUT2D eigenvalue weighted by Crippen LogP contribution is -2.30. The van der Waals surface area contributed by atoms with Gasteiger partial charge in [0.05, 0.1) is 12.2 Å². The first kappa shape index (κ1) is 14.9. The Morgan fingerprint density at radius 3 is 2.68 bits per heavy atom. The van der Waals surface area contributed by atoms with E-state index >= 15 is 0 Å². The highest BCUT2D eigenvalue weighted by molar-refractivity contribution is 6.31. The number of aromatic nitrogens is 1. The highest BCUT2D eigenvalue weighted by Crippen LogP contribution is 2.19. The summed E-state index contributed by atoms with van der Waals surface area (Å²) in [4.78, 5) is 14.3. The van der Waals surface area contributed by atoms with Crippen molar-refractivity contribution in [2.24, 2.45) is 0 Å². The predicted octanol–water partition coefficient (Wildman–Crippen LogP) is 3.73. The zero-order valence-electron chi connectivity index (χ0n) is 12.3. The standard InChI is InChI=1S/C17H17ClN2O2/c1-2-19(11-13-6-4-3-5-7-13)12-20-15-9-8-14(18)10-16(15)22-17(20)21/h3-10H,2,11-12H2,1H3. The second-order valence-corrected chi connectivity index (χ2v) is 5.62. The molecule has 0 fully saturated rings. The molecule has 0 spiro atoms. The van der Waals surface area contributed by atoms with Gasteiger partial charge in [-0.1, -0.05) is 48.9 Å². The predicted molar refractivity (Wildman–Crippen MR) is 88.0 cm³/mol. The van der Waals surface area contributed by atoms with E-state index in [1.165, 1.54) is 5.56 Å². The minimum Gasteiger partial charge on any atom is -0.408 e. The van der Waals surface area contributed by atoms with Crippen LogP contribution < -0.4 is 5.76 Å². The zero-order valence-corrected chi connectivity index (χ0v) is 13.1. The first-order chi connectivity index (χ1) is 10.7. The summed E-state index contributed by atoms with van der Waals surface area (Å²) in [6.07, 6.45) is 0. The Labute approximate surface area is 133 Å². The Morgan fingerprint density at radius 2 is 1.95 bits per heavy atom. The maximum absolute atomic E-state index is 12.1. The Kier molecular flexibility index (Phi) is 4.32. The van der Waals surface area contributed by atoms with E-state index in [0.717, 1.165) is 18.6 Å². The fraction of sp³-hybridized carbons (Fsp3) is 0.235. The molecule has 3 rings (SSSR count). The molecule has 0 amide bonds. The molecule has 1 aromatic heterocycles. The third kappa shape index (κ3) is 3.08. The zero-order chi connectivity index (χ0) is 15.5. The largest absolute Gasteiger partial charge is 0.421 e. The Bertz CT molecular complexity index is 824. The maximum Gasteiger partial charge on any atom is 0.421 e. The van der Waals surface area contributed by atoms with Crippen LogP contribution in [-0.4, -0.2) is 16.0 Å². The van der Waals surface area contributed by atoms with Crippen molar-refractivity contribution in [1.82, 2.24) is 9.47 Å². The molecule has 5 heteroatoms. The van der Waals surface area contributed by atoms with Gasteiger partial charge in [0.1, 0.15) is 0 Å². The summed E-state index contributed by atoms with van der Waals surface area (Å²) < 4.78 is 6.91. The van der Waals surface area contributed by atoms with Gasteiger partial charge in [-0.2, -0.15) is 0 Å².